The topological polar surface area (TPSA) is 29.5 Å². The molecule has 1 aliphatic heterocycles. The first-order valence-electron chi connectivity index (χ1n) is 5.54. The van der Waals surface area contributed by atoms with Crippen molar-refractivity contribution in [3.8, 4) is 5.75 Å². The predicted octanol–water partition coefficient (Wildman–Crippen LogP) is 2.61. The van der Waals surface area contributed by atoms with Crippen LogP contribution in [0.1, 0.15) is 6.42 Å². The molecule has 0 N–H and O–H groups in total. The summed E-state index contributed by atoms with van der Waals surface area (Å²) in [5.74, 6) is -0.228. The molecule has 1 aromatic rings. The Morgan fingerprint density at radius 2 is 1.94 bits per heavy atom. The van der Waals surface area contributed by atoms with Crippen LogP contribution in [-0.4, -0.2) is 25.7 Å². The highest BCUT2D eigenvalue weighted by molar-refractivity contribution is 5.59. The van der Waals surface area contributed by atoms with Gasteiger partial charge in [0.15, 0.2) is 0 Å². The molecule has 0 aromatic heterocycles. The lowest BCUT2D eigenvalue weighted by Gasteiger charge is -2.18. The summed E-state index contributed by atoms with van der Waals surface area (Å²) < 4.78 is 39.7. The molecule has 98 valence electrons. The maximum Gasteiger partial charge on any atom is 0.573 e. The average molecular weight is 259 g/mol. The molecule has 0 spiro atoms. The summed E-state index contributed by atoms with van der Waals surface area (Å²) >= 11 is 0. The van der Waals surface area contributed by atoms with Crippen molar-refractivity contribution in [2.24, 2.45) is 5.92 Å². The second-order valence-corrected chi connectivity index (χ2v) is 4.17. The van der Waals surface area contributed by atoms with Crippen LogP contribution in [-0.2, 0) is 4.79 Å². The largest absolute Gasteiger partial charge is 0.573 e. The Morgan fingerprint density at radius 1 is 1.28 bits per heavy atom. The van der Waals surface area contributed by atoms with Crippen LogP contribution in [0.25, 0.3) is 0 Å². The number of halogens is 3. The Hall–Kier alpha value is -1.72. The van der Waals surface area contributed by atoms with E-state index in [2.05, 4.69) is 4.74 Å². The number of rotatable bonds is 3. The molecule has 1 fully saturated rings. The van der Waals surface area contributed by atoms with Gasteiger partial charge >= 0.3 is 6.36 Å². The van der Waals surface area contributed by atoms with Crippen molar-refractivity contribution in [2.45, 2.75) is 12.8 Å². The van der Waals surface area contributed by atoms with E-state index in [1.54, 1.807) is 12.1 Å². The summed E-state index contributed by atoms with van der Waals surface area (Å²) in [6.07, 6.45) is -2.97. The molecular formula is C12H12F3NO2. The maximum absolute atomic E-state index is 12.0. The van der Waals surface area contributed by atoms with E-state index in [-0.39, 0.29) is 11.7 Å². The van der Waals surface area contributed by atoms with Gasteiger partial charge in [0, 0.05) is 24.7 Å². The molecule has 6 heteroatoms. The van der Waals surface area contributed by atoms with Gasteiger partial charge in [-0.2, -0.15) is 0 Å². The molecule has 0 aliphatic carbocycles. The lowest BCUT2D eigenvalue weighted by atomic mass is 10.1. The van der Waals surface area contributed by atoms with Crippen molar-refractivity contribution in [2.75, 3.05) is 18.0 Å². The van der Waals surface area contributed by atoms with Crippen LogP contribution in [0.5, 0.6) is 5.75 Å². The molecule has 3 nitrogen and oxygen atoms in total. The minimum atomic E-state index is -4.67. The third-order valence-corrected chi connectivity index (χ3v) is 2.85. The minimum Gasteiger partial charge on any atom is -0.406 e. The van der Waals surface area contributed by atoms with E-state index in [4.69, 9.17) is 0 Å². The zero-order valence-electron chi connectivity index (χ0n) is 9.48. The van der Waals surface area contributed by atoms with Gasteiger partial charge in [-0.05, 0) is 30.7 Å². The molecular weight excluding hydrogens is 247 g/mol. The van der Waals surface area contributed by atoms with Crippen molar-refractivity contribution < 1.29 is 22.7 Å². The summed E-state index contributed by atoms with van der Waals surface area (Å²) in [6, 6.07) is 5.68. The Balaban J connectivity index is 2.02. The number of ether oxygens (including phenoxy) is 1. The van der Waals surface area contributed by atoms with Crippen LogP contribution in [0.4, 0.5) is 18.9 Å². The quantitative estimate of drug-likeness (QED) is 0.781. The molecule has 1 aliphatic rings. The van der Waals surface area contributed by atoms with Gasteiger partial charge < -0.3 is 14.4 Å². The number of alkyl halides is 3. The highest BCUT2D eigenvalue weighted by atomic mass is 19.4. The average Bonchev–Trinajstić information content (AvgIpc) is 2.76. The third-order valence-electron chi connectivity index (χ3n) is 2.85. The van der Waals surface area contributed by atoms with Crippen molar-refractivity contribution in [3.05, 3.63) is 24.3 Å². The monoisotopic (exact) mass is 259 g/mol. The number of benzene rings is 1. The molecule has 2 rings (SSSR count). The van der Waals surface area contributed by atoms with Crippen LogP contribution in [0, 0.1) is 5.92 Å². The van der Waals surface area contributed by atoms with E-state index in [0.29, 0.717) is 6.54 Å². The molecule has 18 heavy (non-hydrogen) atoms. The van der Waals surface area contributed by atoms with Crippen molar-refractivity contribution in [1.82, 2.24) is 0 Å². The standard InChI is InChI=1S/C12H12F3NO2/c13-12(14,15)18-11-3-1-10(2-4-11)16-6-5-9(7-16)8-17/h1-4,8-9H,5-7H2. The van der Waals surface area contributed by atoms with Gasteiger partial charge in [-0.3, -0.25) is 0 Å². The van der Waals surface area contributed by atoms with Gasteiger partial charge in [-0.15, -0.1) is 13.2 Å². The molecule has 1 atom stereocenters. The number of hydrogen-bond acceptors (Lipinski definition) is 3. The molecule has 0 radical (unpaired) electrons. The van der Waals surface area contributed by atoms with Crippen molar-refractivity contribution in [1.29, 1.82) is 0 Å². The summed E-state index contributed by atoms with van der Waals surface area (Å²) in [5, 5.41) is 0. The van der Waals surface area contributed by atoms with Gasteiger partial charge in [0.25, 0.3) is 0 Å². The Labute approximate surface area is 102 Å². The minimum absolute atomic E-state index is 0.0103. The number of nitrogens with zero attached hydrogens (tertiary/aromatic N) is 1. The van der Waals surface area contributed by atoms with Crippen molar-refractivity contribution >= 4 is 12.0 Å². The fourth-order valence-corrected chi connectivity index (χ4v) is 1.99. The number of carbonyl (C=O) groups excluding carboxylic acids is 1. The Kier molecular flexibility index (Phi) is 3.45. The molecule has 1 saturated heterocycles. The number of aldehydes is 1. The third kappa shape index (κ3) is 3.15. The predicted molar refractivity (Wildman–Crippen MR) is 59.5 cm³/mol. The summed E-state index contributed by atoms with van der Waals surface area (Å²) in [7, 11) is 0. The Bertz CT molecular complexity index is 416. The lowest BCUT2D eigenvalue weighted by molar-refractivity contribution is -0.274. The molecule has 1 aromatic carbocycles. The molecule has 1 unspecified atom stereocenters. The zero-order valence-corrected chi connectivity index (χ0v) is 9.48. The first-order chi connectivity index (χ1) is 8.48. The van der Waals surface area contributed by atoms with Gasteiger partial charge in [0.05, 0.1) is 0 Å². The van der Waals surface area contributed by atoms with E-state index in [1.165, 1.54) is 12.1 Å². The number of anilines is 1. The summed E-state index contributed by atoms with van der Waals surface area (Å²) in [6.45, 7) is 1.35. The van der Waals surface area contributed by atoms with E-state index in [9.17, 15) is 18.0 Å². The maximum atomic E-state index is 12.0. The fraction of sp³-hybridized carbons (Fsp3) is 0.417. The van der Waals surface area contributed by atoms with Crippen LogP contribution in [0.2, 0.25) is 0 Å². The van der Waals surface area contributed by atoms with Gasteiger partial charge in [0.2, 0.25) is 0 Å². The molecule has 1 heterocycles. The highest BCUT2D eigenvalue weighted by Crippen LogP contribution is 2.27. The van der Waals surface area contributed by atoms with Crippen molar-refractivity contribution in [3.63, 3.8) is 0 Å². The Morgan fingerprint density at radius 3 is 2.44 bits per heavy atom. The first kappa shape index (κ1) is 12.7. The molecule has 0 bridgehead atoms. The first-order valence-corrected chi connectivity index (χ1v) is 5.54. The van der Waals surface area contributed by atoms with E-state index in [1.807, 2.05) is 4.90 Å². The lowest BCUT2D eigenvalue weighted by Crippen LogP contribution is -2.20. The summed E-state index contributed by atoms with van der Waals surface area (Å²) in [5.41, 5.74) is 0.800. The van der Waals surface area contributed by atoms with Gasteiger partial charge in [-0.1, -0.05) is 0 Å². The second-order valence-electron chi connectivity index (χ2n) is 4.17. The smallest absolute Gasteiger partial charge is 0.406 e. The van der Waals surface area contributed by atoms with Crippen LogP contribution in [0.15, 0.2) is 24.3 Å². The van der Waals surface area contributed by atoms with E-state index < -0.39 is 6.36 Å². The second kappa shape index (κ2) is 4.88. The molecule has 0 saturated carbocycles. The van der Waals surface area contributed by atoms with Crippen LogP contribution in [0.3, 0.4) is 0 Å². The molecule has 0 amide bonds. The number of carbonyl (C=O) groups is 1. The van der Waals surface area contributed by atoms with E-state index in [0.717, 1.165) is 24.9 Å². The van der Waals surface area contributed by atoms with Crippen LogP contribution < -0.4 is 9.64 Å². The fourth-order valence-electron chi connectivity index (χ4n) is 1.99. The highest BCUT2D eigenvalue weighted by Gasteiger charge is 2.31. The SMILES string of the molecule is O=CC1CCN(c2ccc(OC(F)(F)F)cc2)C1. The number of hydrogen-bond donors (Lipinski definition) is 0. The van der Waals surface area contributed by atoms with Crippen LogP contribution >= 0.6 is 0 Å². The zero-order chi connectivity index (χ0) is 13.2. The normalized spacial score (nSPS) is 19.9. The summed E-state index contributed by atoms with van der Waals surface area (Å²) in [4.78, 5) is 12.6. The van der Waals surface area contributed by atoms with Gasteiger partial charge in [0.1, 0.15) is 12.0 Å². The van der Waals surface area contributed by atoms with E-state index >= 15 is 0 Å². The van der Waals surface area contributed by atoms with Gasteiger partial charge in [-0.25, -0.2) is 0 Å².